The van der Waals surface area contributed by atoms with Crippen molar-refractivity contribution in [2.24, 2.45) is 5.92 Å². The molecule has 2 rings (SSSR count). The van der Waals surface area contributed by atoms with E-state index in [2.05, 4.69) is 43.5 Å². The molecule has 1 saturated heterocycles. The van der Waals surface area contributed by atoms with E-state index in [9.17, 15) is 4.79 Å². The number of amides is 1. The number of nitrogens with zero attached hydrogens (tertiary/aromatic N) is 1. The Morgan fingerprint density at radius 3 is 1.79 bits per heavy atom. The monoisotopic (exact) mass is 400 g/mol. The van der Waals surface area contributed by atoms with Crippen molar-refractivity contribution in [1.82, 2.24) is 5.43 Å². The molecule has 1 aromatic rings. The van der Waals surface area contributed by atoms with Gasteiger partial charge in [-0.25, -0.2) is 0 Å². The Hall–Kier alpha value is -1.51. The standard InChI is InChI=1S/C26H44N2O/c1-3-4-5-6-7-8-9-10-11-12-13-14-15-16-17-24-22-28(27-26(24)29)25-20-18-23(2)19-21-25/h18-21,24H,3-17,22H2,1-2H3,(H,27,29). The van der Waals surface area contributed by atoms with Gasteiger partial charge in [0.25, 0.3) is 0 Å². The topological polar surface area (TPSA) is 32.3 Å². The molecule has 1 aliphatic heterocycles. The van der Waals surface area contributed by atoms with Gasteiger partial charge in [-0.1, -0.05) is 115 Å². The van der Waals surface area contributed by atoms with Crippen LogP contribution in [0.4, 0.5) is 5.69 Å². The highest BCUT2D eigenvalue weighted by molar-refractivity contribution is 5.84. The van der Waals surface area contributed by atoms with E-state index in [-0.39, 0.29) is 11.8 Å². The quantitative estimate of drug-likeness (QED) is 0.294. The molecule has 3 nitrogen and oxygen atoms in total. The Morgan fingerprint density at radius 2 is 1.28 bits per heavy atom. The molecule has 1 unspecified atom stereocenters. The molecule has 0 bridgehead atoms. The van der Waals surface area contributed by atoms with Crippen LogP contribution in [0.15, 0.2) is 24.3 Å². The molecule has 0 radical (unpaired) electrons. The number of carbonyl (C=O) groups excluding carboxylic acids is 1. The predicted octanol–water partition coefficient (Wildman–Crippen LogP) is 7.33. The van der Waals surface area contributed by atoms with Crippen molar-refractivity contribution >= 4 is 11.6 Å². The summed E-state index contributed by atoms with van der Waals surface area (Å²) in [4.78, 5) is 12.2. The summed E-state index contributed by atoms with van der Waals surface area (Å²) in [7, 11) is 0. The molecule has 29 heavy (non-hydrogen) atoms. The van der Waals surface area contributed by atoms with Crippen LogP contribution in [0.2, 0.25) is 0 Å². The van der Waals surface area contributed by atoms with Crippen LogP contribution in [-0.4, -0.2) is 12.5 Å². The second kappa shape index (κ2) is 14.5. The van der Waals surface area contributed by atoms with Crippen molar-refractivity contribution < 1.29 is 4.79 Å². The molecule has 1 fully saturated rings. The summed E-state index contributed by atoms with van der Waals surface area (Å²) in [6.45, 7) is 5.18. The zero-order chi connectivity index (χ0) is 20.7. The van der Waals surface area contributed by atoms with Gasteiger partial charge >= 0.3 is 0 Å². The molecule has 0 saturated carbocycles. The van der Waals surface area contributed by atoms with Crippen molar-refractivity contribution in [3.05, 3.63) is 29.8 Å². The van der Waals surface area contributed by atoms with Crippen molar-refractivity contribution in [2.45, 2.75) is 110 Å². The van der Waals surface area contributed by atoms with E-state index >= 15 is 0 Å². The van der Waals surface area contributed by atoms with Crippen LogP contribution in [0.25, 0.3) is 0 Å². The normalized spacial score (nSPS) is 16.4. The molecule has 3 heteroatoms. The molecule has 1 aliphatic rings. The molecular formula is C26H44N2O. The van der Waals surface area contributed by atoms with Gasteiger partial charge in [0, 0.05) is 0 Å². The Bertz CT molecular complexity index is 554. The summed E-state index contributed by atoms with van der Waals surface area (Å²) in [5.74, 6) is 0.342. The summed E-state index contributed by atoms with van der Waals surface area (Å²) in [5.41, 5.74) is 5.37. The third-order valence-electron chi connectivity index (χ3n) is 6.27. The number of hydrazine groups is 1. The minimum atomic E-state index is 0.147. The van der Waals surface area contributed by atoms with Crippen molar-refractivity contribution in [3.63, 3.8) is 0 Å². The second-order valence-corrected chi connectivity index (χ2v) is 9.00. The highest BCUT2D eigenvalue weighted by atomic mass is 16.2. The number of benzene rings is 1. The number of nitrogens with one attached hydrogen (secondary N) is 1. The lowest BCUT2D eigenvalue weighted by molar-refractivity contribution is -0.122. The second-order valence-electron chi connectivity index (χ2n) is 9.00. The van der Waals surface area contributed by atoms with E-state index < -0.39 is 0 Å². The number of carbonyl (C=O) groups is 1. The predicted molar refractivity (Wildman–Crippen MR) is 125 cm³/mol. The van der Waals surface area contributed by atoms with Crippen LogP contribution in [-0.2, 0) is 4.79 Å². The number of hydrogen-bond acceptors (Lipinski definition) is 2. The number of unbranched alkanes of at least 4 members (excludes halogenated alkanes) is 13. The first-order valence-corrected chi connectivity index (χ1v) is 12.4. The average Bonchev–Trinajstić information content (AvgIpc) is 3.09. The molecule has 1 amide bonds. The average molecular weight is 401 g/mol. The van der Waals surface area contributed by atoms with E-state index in [4.69, 9.17) is 0 Å². The first-order valence-electron chi connectivity index (χ1n) is 12.4. The van der Waals surface area contributed by atoms with Gasteiger partial charge in [-0.3, -0.25) is 15.2 Å². The summed E-state index contributed by atoms with van der Waals surface area (Å²) in [5, 5.41) is 2.01. The van der Waals surface area contributed by atoms with Crippen molar-refractivity contribution in [2.75, 3.05) is 11.6 Å². The maximum Gasteiger partial charge on any atom is 0.243 e. The van der Waals surface area contributed by atoms with Gasteiger partial charge in [0.2, 0.25) is 5.91 Å². The number of rotatable bonds is 16. The van der Waals surface area contributed by atoms with Crippen LogP contribution in [0.5, 0.6) is 0 Å². The van der Waals surface area contributed by atoms with Gasteiger partial charge < -0.3 is 0 Å². The van der Waals surface area contributed by atoms with Crippen LogP contribution in [0, 0.1) is 12.8 Å². The number of aryl methyl sites for hydroxylation is 1. The molecule has 164 valence electrons. The fraction of sp³-hybridized carbons (Fsp3) is 0.731. The van der Waals surface area contributed by atoms with Gasteiger partial charge in [0.15, 0.2) is 0 Å². The van der Waals surface area contributed by atoms with Gasteiger partial charge in [-0.2, -0.15) is 0 Å². The first-order chi connectivity index (χ1) is 14.2. The first kappa shape index (κ1) is 23.8. The lowest BCUT2D eigenvalue weighted by Gasteiger charge is -2.17. The third kappa shape index (κ3) is 9.69. The largest absolute Gasteiger partial charge is 0.285 e. The molecule has 0 spiro atoms. The van der Waals surface area contributed by atoms with Crippen LogP contribution in [0.1, 0.15) is 109 Å². The van der Waals surface area contributed by atoms with Gasteiger partial charge in [-0.15, -0.1) is 0 Å². The molecule has 1 atom stereocenters. The lowest BCUT2D eigenvalue weighted by atomic mass is 10.00. The fourth-order valence-corrected chi connectivity index (χ4v) is 4.28. The number of hydrogen-bond donors (Lipinski definition) is 1. The molecule has 1 heterocycles. The molecule has 1 N–H and O–H groups in total. The van der Waals surface area contributed by atoms with E-state index in [1.165, 1.54) is 95.5 Å². The van der Waals surface area contributed by atoms with Gasteiger partial charge in [0.1, 0.15) is 0 Å². The summed E-state index contributed by atoms with van der Waals surface area (Å²) in [6.07, 6.45) is 20.3. The number of anilines is 1. The zero-order valence-electron chi connectivity index (χ0n) is 19.1. The van der Waals surface area contributed by atoms with E-state index in [1.54, 1.807) is 0 Å². The maximum absolute atomic E-state index is 12.2. The molecular weight excluding hydrogens is 356 g/mol. The Kier molecular flexibility index (Phi) is 11.9. The SMILES string of the molecule is CCCCCCCCCCCCCCCCC1CN(c2ccc(C)cc2)NC1=O. The fourth-order valence-electron chi connectivity index (χ4n) is 4.28. The van der Waals surface area contributed by atoms with Crippen molar-refractivity contribution in [3.8, 4) is 0 Å². The van der Waals surface area contributed by atoms with Crippen molar-refractivity contribution in [1.29, 1.82) is 0 Å². The van der Waals surface area contributed by atoms with Crippen LogP contribution in [0.3, 0.4) is 0 Å². The lowest BCUT2D eigenvalue weighted by Crippen LogP contribution is -2.32. The Labute approximate surface area is 179 Å². The minimum absolute atomic E-state index is 0.147. The smallest absolute Gasteiger partial charge is 0.243 e. The third-order valence-corrected chi connectivity index (χ3v) is 6.27. The summed E-state index contributed by atoms with van der Waals surface area (Å²) >= 11 is 0. The van der Waals surface area contributed by atoms with E-state index in [0.29, 0.717) is 0 Å². The van der Waals surface area contributed by atoms with E-state index in [0.717, 1.165) is 18.7 Å². The maximum atomic E-state index is 12.2. The van der Waals surface area contributed by atoms with Crippen LogP contribution >= 0.6 is 0 Å². The summed E-state index contributed by atoms with van der Waals surface area (Å²) < 4.78 is 0. The molecule has 0 aromatic heterocycles. The highest BCUT2D eigenvalue weighted by Gasteiger charge is 2.29. The Balaban J connectivity index is 1.42. The van der Waals surface area contributed by atoms with E-state index in [1.807, 2.05) is 5.01 Å². The Morgan fingerprint density at radius 1 is 0.793 bits per heavy atom. The highest BCUT2D eigenvalue weighted by Crippen LogP contribution is 2.23. The zero-order valence-corrected chi connectivity index (χ0v) is 19.1. The molecule has 0 aliphatic carbocycles. The van der Waals surface area contributed by atoms with Gasteiger partial charge in [0.05, 0.1) is 18.2 Å². The van der Waals surface area contributed by atoms with Gasteiger partial charge in [-0.05, 0) is 25.5 Å². The summed E-state index contributed by atoms with van der Waals surface area (Å²) in [6, 6.07) is 8.37. The minimum Gasteiger partial charge on any atom is -0.285 e. The molecule has 1 aromatic carbocycles. The van der Waals surface area contributed by atoms with Crippen LogP contribution < -0.4 is 10.4 Å².